The van der Waals surface area contributed by atoms with Crippen molar-refractivity contribution in [2.24, 2.45) is 7.05 Å². The van der Waals surface area contributed by atoms with Gasteiger partial charge in [0.15, 0.2) is 0 Å². The summed E-state index contributed by atoms with van der Waals surface area (Å²) in [5, 5.41) is 7.33. The summed E-state index contributed by atoms with van der Waals surface area (Å²) >= 11 is 0. The molecule has 19 heavy (non-hydrogen) atoms. The van der Waals surface area contributed by atoms with E-state index < -0.39 is 0 Å². The Kier molecular flexibility index (Phi) is 2.66. The van der Waals surface area contributed by atoms with Gasteiger partial charge in [-0.25, -0.2) is 4.98 Å². The van der Waals surface area contributed by atoms with E-state index in [-0.39, 0.29) is 11.8 Å². The molecule has 2 aromatic rings. The van der Waals surface area contributed by atoms with E-state index >= 15 is 0 Å². The van der Waals surface area contributed by atoms with Crippen LogP contribution in [0.4, 0.5) is 5.82 Å². The highest BCUT2D eigenvalue weighted by Gasteiger charge is 2.33. The molecule has 3 heterocycles. The average Bonchev–Trinajstić information content (AvgIpc) is 2.94. The first-order chi connectivity index (χ1) is 9.11. The average molecular weight is 259 g/mol. The molecule has 0 saturated carbocycles. The second-order valence-corrected chi connectivity index (χ2v) is 4.88. The van der Waals surface area contributed by atoms with E-state index in [2.05, 4.69) is 26.9 Å². The van der Waals surface area contributed by atoms with Gasteiger partial charge in [0.05, 0.1) is 12.0 Å². The molecule has 2 aromatic heterocycles. The van der Waals surface area contributed by atoms with Crippen molar-refractivity contribution in [3.05, 3.63) is 29.5 Å². The Hall–Kier alpha value is -2.11. The molecule has 0 aliphatic carbocycles. The van der Waals surface area contributed by atoms with Gasteiger partial charge in [-0.05, 0) is 13.8 Å². The van der Waals surface area contributed by atoms with Crippen LogP contribution >= 0.6 is 0 Å². The third-order valence-electron chi connectivity index (χ3n) is 3.71. The lowest BCUT2D eigenvalue weighted by atomic mass is 9.89. The van der Waals surface area contributed by atoms with Crippen LogP contribution in [-0.4, -0.2) is 25.2 Å². The van der Waals surface area contributed by atoms with Crippen molar-refractivity contribution in [2.45, 2.75) is 32.7 Å². The number of hydrogen-bond donors (Lipinski definition) is 1. The highest BCUT2D eigenvalue weighted by atomic mass is 16.1. The van der Waals surface area contributed by atoms with Crippen molar-refractivity contribution in [2.75, 3.05) is 5.32 Å². The molecule has 1 amide bonds. The van der Waals surface area contributed by atoms with Crippen LogP contribution in [0.2, 0.25) is 0 Å². The van der Waals surface area contributed by atoms with Crippen LogP contribution in [0.5, 0.6) is 0 Å². The molecule has 1 N–H and O–H groups in total. The van der Waals surface area contributed by atoms with Gasteiger partial charge in [-0.3, -0.25) is 9.48 Å². The SMILES string of the molecule is CCn1cncc1[C@@H]1CC(=O)Nc2c1c(C)nn2C. The van der Waals surface area contributed by atoms with E-state index in [0.717, 1.165) is 29.3 Å². The van der Waals surface area contributed by atoms with Crippen LogP contribution in [0.25, 0.3) is 0 Å². The standard InChI is InChI=1S/C13H17N5O/c1-4-18-7-14-6-10(18)9-5-11(19)15-13-12(9)8(2)16-17(13)3/h6-7,9H,4-5H2,1-3H3,(H,15,19)/t9-/m0/s1. The molecule has 0 unspecified atom stereocenters. The molecule has 3 rings (SSSR count). The monoisotopic (exact) mass is 259 g/mol. The first-order valence-electron chi connectivity index (χ1n) is 6.45. The van der Waals surface area contributed by atoms with Gasteiger partial charge >= 0.3 is 0 Å². The fourth-order valence-electron chi connectivity index (χ4n) is 2.85. The first kappa shape index (κ1) is 12.0. The third kappa shape index (κ3) is 1.75. The van der Waals surface area contributed by atoms with Crippen LogP contribution in [0.15, 0.2) is 12.5 Å². The molecule has 0 aromatic carbocycles. The number of carbonyl (C=O) groups is 1. The molecule has 6 heteroatoms. The van der Waals surface area contributed by atoms with Gasteiger partial charge in [-0.2, -0.15) is 5.10 Å². The molecule has 0 spiro atoms. The number of imidazole rings is 1. The number of nitrogens with zero attached hydrogens (tertiary/aromatic N) is 4. The van der Waals surface area contributed by atoms with Gasteiger partial charge in [-0.15, -0.1) is 0 Å². The highest BCUT2D eigenvalue weighted by Crippen LogP contribution is 2.38. The van der Waals surface area contributed by atoms with Crippen LogP contribution in [0, 0.1) is 6.92 Å². The van der Waals surface area contributed by atoms with Crippen LogP contribution in [-0.2, 0) is 18.4 Å². The van der Waals surface area contributed by atoms with Gasteiger partial charge in [0.2, 0.25) is 5.91 Å². The minimum absolute atomic E-state index is 0.0318. The minimum atomic E-state index is 0.0318. The lowest BCUT2D eigenvalue weighted by Crippen LogP contribution is -2.25. The van der Waals surface area contributed by atoms with Crippen molar-refractivity contribution >= 4 is 11.7 Å². The number of rotatable bonds is 2. The lowest BCUT2D eigenvalue weighted by molar-refractivity contribution is -0.116. The molecular formula is C13H17N5O. The van der Waals surface area contributed by atoms with E-state index in [0.29, 0.717) is 6.42 Å². The summed E-state index contributed by atoms with van der Waals surface area (Å²) in [7, 11) is 1.85. The van der Waals surface area contributed by atoms with Gasteiger partial charge < -0.3 is 9.88 Å². The predicted molar refractivity (Wildman–Crippen MR) is 70.9 cm³/mol. The van der Waals surface area contributed by atoms with Crippen molar-refractivity contribution in [1.29, 1.82) is 0 Å². The molecule has 0 bridgehead atoms. The summed E-state index contributed by atoms with van der Waals surface area (Å²) in [5.74, 6) is 0.881. The van der Waals surface area contributed by atoms with E-state index in [1.807, 2.05) is 26.5 Å². The Bertz CT molecular complexity index is 639. The largest absolute Gasteiger partial charge is 0.334 e. The van der Waals surface area contributed by atoms with Crippen molar-refractivity contribution in [1.82, 2.24) is 19.3 Å². The normalized spacial score (nSPS) is 18.3. The predicted octanol–water partition coefficient (Wildman–Crippen LogP) is 1.42. The molecule has 0 fully saturated rings. The van der Waals surface area contributed by atoms with Gasteiger partial charge in [-0.1, -0.05) is 0 Å². The molecular weight excluding hydrogens is 242 g/mol. The Labute approximate surface area is 111 Å². The van der Waals surface area contributed by atoms with E-state index in [1.165, 1.54) is 0 Å². The number of aromatic nitrogens is 4. The Morgan fingerprint density at radius 1 is 1.53 bits per heavy atom. The maximum atomic E-state index is 11.9. The zero-order valence-corrected chi connectivity index (χ0v) is 11.3. The summed E-state index contributed by atoms with van der Waals surface area (Å²) in [6.07, 6.45) is 4.11. The number of amides is 1. The minimum Gasteiger partial charge on any atom is -0.334 e. The van der Waals surface area contributed by atoms with Crippen molar-refractivity contribution < 1.29 is 4.79 Å². The second-order valence-electron chi connectivity index (χ2n) is 4.88. The fourth-order valence-corrected chi connectivity index (χ4v) is 2.85. The van der Waals surface area contributed by atoms with Crippen molar-refractivity contribution in [3.63, 3.8) is 0 Å². The Morgan fingerprint density at radius 3 is 3.05 bits per heavy atom. The maximum Gasteiger partial charge on any atom is 0.226 e. The van der Waals surface area contributed by atoms with E-state index in [9.17, 15) is 4.79 Å². The van der Waals surface area contributed by atoms with Gasteiger partial charge in [0.1, 0.15) is 5.82 Å². The highest BCUT2D eigenvalue weighted by molar-refractivity contribution is 5.94. The topological polar surface area (TPSA) is 64.7 Å². The quantitative estimate of drug-likeness (QED) is 0.887. The molecule has 6 nitrogen and oxygen atoms in total. The van der Waals surface area contributed by atoms with Crippen LogP contribution in [0.3, 0.4) is 0 Å². The molecule has 1 aliphatic rings. The summed E-state index contributed by atoms with van der Waals surface area (Å²) in [6.45, 7) is 4.91. The molecule has 1 aliphatic heterocycles. The Balaban J connectivity index is 2.16. The number of nitrogens with one attached hydrogen (secondary N) is 1. The van der Waals surface area contributed by atoms with E-state index in [1.54, 1.807) is 4.68 Å². The van der Waals surface area contributed by atoms with Crippen LogP contribution in [0.1, 0.15) is 36.2 Å². The summed E-state index contributed by atoms with van der Waals surface area (Å²) < 4.78 is 3.82. The second kappa shape index (κ2) is 4.22. The molecule has 1 atom stereocenters. The van der Waals surface area contributed by atoms with Crippen molar-refractivity contribution in [3.8, 4) is 0 Å². The number of aryl methyl sites for hydroxylation is 3. The summed E-state index contributed by atoms with van der Waals surface area (Å²) in [5.41, 5.74) is 3.15. The summed E-state index contributed by atoms with van der Waals surface area (Å²) in [6, 6.07) is 0. The summed E-state index contributed by atoms with van der Waals surface area (Å²) in [4.78, 5) is 16.1. The zero-order valence-electron chi connectivity index (χ0n) is 11.3. The first-order valence-corrected chi connectivity index (χ1v) is 6.45. The number of hydrogen-bond acceptors (Lipinski definition) is 3. The van der Waals surface area contributed by atoms with Gasteiger partial charge in [0, 0.05) is 43.4 Å². The molecule has 0 radical (unpaired) electrons. The lowest BCUT2D eigenvalue weighted by Gasteiger charge is -2.24. The Morgan fingerprint density at radius 2 is 2.32 bits per heavy atom. The van der Waals surface area contributed by atoms with E-state index in [4.69, 9.17) is 0 Å². The number of carbonyl (C=O) groups excluding carboxylic acids is 1. The van der Waals surface area contributed by atoms with Gasteiger partial charge in [0.25, 0.3) is 0 Å². The molecule has 100 valence electrons. The number of fused-ring (bicyclic) bond motifs is 1. The molecule has 0 saturated heterocycles. The van der Waals surface area contributed by atoms with Crippen LogP contribution < -0.4 is 5.32 Å². The maximum absolute atomic E-state index is 11.9. The zero-order chi connectivity index (χ0) is 13.6. The number of anilines is 1. The smallest absolute Gasteiger partial charge is 0.226 e. The fraction of sp³-hybridized carbons (Fsp3) is 0.462. The third-order valence-corrected chi connectivity index (χ3v) is 3.71.